The molecule has 2 aromatic rings. The number of allylic oxidation sites excluding steroid dienone is 1. The summed E-state index contributed by atoms with van der Waals surface area (Å²) in [6.45, 7) is 23.6. The number of hydrogen-bond donors (Lipinski definition) is 0. The predicted molar refractivity (Wildman–Crippen MR) is 167 cm³/mol. The highest BCUT2D eigenvalue weighted by Crippen LogP contribution is 2.42. The lowest BCUT2D eigenvalue weighted by atomic mass is 10.1. The molecule has 0 N–H and O–H groups in total. The molecule has 0 saturated carbocycles. The van der Waals surface area contributed by atoms with Crippen LogP contribution in [0.15, 0.2) is 65.5 Å². The molecule has 0 radical (unpaired) electrons. The van der Waals surface area contributed by atoms with E-state index in [0.717, 1.165) is 43.6 Å². The van der Waals surface area contributed by atoms with Gasteiger partial charge in [0.05, 0.1) is 15.2 Å². The van der Waals surface area contributed by atoms with Gasteiger partial charge in [-0.2, -0.15) is 0 Å². The summed E-state index contributed by atoms with van der Waals surface area (Å²) in [5.74, 6) is 1.73. The first-order chi connectivity index (χ1) is 17.1. The number of methoxy groups -OCH3 is 1. The summed E-state index contributed by atoms with van der Waals surface area (Å²) in [6.07, 6.45) is 7.64. The zero-order valence-corrected chi connectivity index (χ0v) is 27.5. The molecule has 0 aliphatic carbocycles. The third-order valence-corrected chi connectivity index (χ3v) is 18.6. The average Bonchev–Trinajstić information content (AvgIpc) is 2.80. The molecule has 204 valence electrons. The highest BCUT2D eigenvalue weighted by molar-refractivity contribution is 6.86. The summed E-state index contributed by atoms with van der Waals surface area (Å²) in [5.41, 5.74) is 6.51. The van der Waals surface area contributed by atoms with E-state index in [4.69, 9.17) is 9.16 Å². The standard InChI is InChI=1S/C33H52O2Si2/c1-32(2,3)36(8,9)29(22-16-15-20-27-18-13-12-14-19-27)23-17-21-28-24-25-30(31(26-28)34-7)35-37(10,11)33(4,5)6/h12-14,16,18-19,24-26H,15,17,20-21,23H2,1-11H3. The van der Waals surface area contributed by atoms with Crippen LogP contribution in [-0.2, 0) is 12.8 Å². The van der Waals surface area contributed by atoms with Crippen molar-refractivity contribution in [3.63, 3.8) is 0 Å². The van der Waals surface area contributed by atoms with Gasteiger partial charge in [0.2, 0.25) is 0 Å². The van der Waals surface area contributed by atoms with Gasteiger partial charge in [-0.25, -0.2) is 0 Å². The fraction of sp³-hybridized carbons (Fsp3) is 0.545. The maximum atomic E-state index is 6.56. The SMILES string of the molecule is COc1cc(CCCC(=C=CCCc2ccccc2)[Si](C)(C)C(C)(C)C)ccc1O[Si](C)(C)C(C)(C)C. The number of rotatable bonds is 11. The highest BCUT2D eigenvalue weighted by Gasteiger charge is 2.40. The van der Waals surface area contributed by atoms with E-state index < -0.39 is 16.4 Å². The Morgan fingerprint density at radius 1 is 0.811 bits per heavy atom. The van der Waals surface area contributed by atoms with Gasteiger partial charge < -0.3 is 9.16 Å². The van der Waals surface area contributed by atoms with Gasteiger partial charge in [-0.3, -0.25) is 0 Å². The monoisotopic (exact) mass is 536 g/mol. The summed E-state index contributed by atoms with van der Waals surface area (Å²) >= 11 is 0. The Morgan fingerprint density at radius 3 is 2.03 bits per heavy atom. The lowest BCUT2D eigenvalue weighted by Gasteiger charge is -2.38. The first-order valence-corrected chi connectivity index (χ1v) is 19.8. The Hall–Kier alpha value is -2.01. The highest BCUT2D eigenvalue weighted by atomic mass is 28.4. The molecule has 0 saturated heterocycles. The zero-order valence-electron chi connectivity index (χ0n) is 25.5. The van der Waals surface area contributed by atoms with E-state index >= 15 is 0 Å². The summed E-state index contributed by atoms with van der Waals surface area (Å²) in [6, 6.07) is 17.3. The number of hydrogen-bond acceptors (Lipinski definition) is 2. The van der Waals surface area contributed by atoms with Crippen molar-refractivity contribution in [2.45, 2.75) is 110 Å². The lowest BCUT2D eigenvalue weighted by molar-refractivity contribution is 0.385. The molecule has 0 spiro atoms. The minimum atomic E-state index is -1.92. The van der Waals surface area contributed by atoms with E-state index in [0.29, 0.717) is 5.04 Å². The van der Waals surface area contributed by atoms with E-state index in [-0.39, 0.29) is 5.04 Å². The quantitative estimate of drug-likeness (QED) is 0.210. The summed E-state index contributed by atoms with van der Waals surface area (Å²) in [4.78, 5) is 0. The maximum Gasteiger partial charge on any atom is 0.250 e. The zero-order chi connectivity index (χ0) is 27.9. The smallest absolute Gasteiger partial charge is 0.250 e. The molecule has 2 aromatic carbocycles. The molecule has 0 atom stereocenters. The van der Waals surface area contributed by atoms with E-state index in [2.05, 4.69) is 128 Å². The Kier molecular flexibility index (Phi) is 10.7. The number of benzene rings is 2. The van der Waals surface area contributed by atoms with Gasteiger partial charge in [-0.05, 0) is 89.8 Å². The molecular formula is C33H52O2Si2. The second kappa shape index (κ2) is 12.7. The molecular weight excluding hydrogens is 485 g/mol. The van der Waals surface area contributed by atoms with Crippen molar-refractivity contribution >= 4 is 16.4 Å². The third-order valence-electron chi connectivity index (χ3n) is 8.62. The van der Waals surface area contributed by atoms with Crippen molar-refractivity contribution in [3.8, 4) is 11.5 Å². The van der Waals surface area contributed by atoms with Crippen LogP contribution >= 0.6 is 0 Å². The van der Waals surface area contributed by atoms with E-state index in [1.807, 2.05) is 0 Å². The largest absolute Gasteiger partial charge is 0.541 e. The van der Waals surface area contributed by atoms with Crippen LogP contribution in [0.2, 0.25) is 36.3 Å². The molecule has 0 heterocycles. The van der Waals surface area contributed by atoms with Crippen LogP contribution in [-0.4, -0.2) is 23.5 Å². The maximum absolute atomic E-state index is 6.56. The van der Waals surface area contributed by atoms with Crippen molar-refractivity contribution in [1.29, 1.82) is 0 Å². The average molecular weight is 537 g/mol. The molecule has 0 aliphatic rings. The molecule has 2 nitrogen and oxygen atoms in total. The molecule has 0 fully saturated rings. The van der Waals surface area contributed by atoms with Crippen LogP contribution in [0.1, 0.15) is 71.9 Å². The fourth-order valence-electron chi connectivity index (χ4n) is 3.95. The Labute approximate surface area is 230 Å². The number of ether oxygens (including phenoxy) is 1. The van der Waals surface area contributed by atoms with E-state index in [1.54, 1.807) is 12.3 Å². The second-order valence-electron chi connectivity index (χ2n) is 13.4. The van der Waals surface area contributed by atoms with Crippen LogP contribution in [0.5, 0.6) is 11.5 Å². The molecule has 2 rings (SSSR count). The van der Waals surface area contributed by atoms with Crippen molar-refractivity contribution in [2.75, 3.05) is 7.11 Å². The molecule has 0 bridgehead atoms. The van der Waals surface area contributed by atoms with Crippen LogP contribution in [0.25, 0.3) is 0 Å². The number of aryl methyl sites for hydroxylation is 2. The van der Waals surface area contributed by atoms with E-state index in [1.165, 1.54) is 11.1 Å². The Balaban J connectivity index is 2.15. The van der Waals surface area contributed by atoms with E-state index in [9.17, 15) is 0 Å². The minimum absolute atomic E-state index is 0.151. The van der Waals surface area contributed by atoms with Crippen molar-refractivity contribution in [3.05, 3.63) is 76.7 Å². The fourth-order valence-corrected chi connectivity index (χ4v) is 7.14. The molecule has 4 heteroatoms. The van der Waals surface area contributed by atoms with Gasteiger partial charge in [0.25, 0.3) is 8.32 Å². The van der Waals surface area contributed by atoms with Crippen LogP contribution < -0.4 is 9.16 Å². The van der Waals surface area contributed by atoms with Crippen molar-refractivity contribution < 1.29 is 9.16 Å². The predicted octanol–water partition coefficient (Wildman–Crippen LogP) is 10.2. The van der Waals surface area contributed by atoms with Crippen molar-refractivity contribution in [1.82, 2.24) is 0 Å². The lowest BCUT2D eigenvalue weighted by Crippen LogP contribution is -2.43. The van der Waals surface area contributed by atoms with Gasteiger partial charge in [-0.1, -0.05) is 91.0 Å². The topological polar surface area (TPSA) is 18.5 Å². The van der Waals surface area contributed by atoms with Gasteiger partial charge in [0.15, 0.2) is 5.75 Å². The summed E-state index contributed by atoms with van der Waals surface area (Å²) in [7, 11) is -1.81. The first kappa shape index (κ1) is 31.2. The van der Waals surface area contributed by atoms with Gasteiger partial charge in [0, 0.05) is 0 Å². The summed E-state index contributed by atoms with van der Waals surface area (Å²) in [5, 5.41) is 2.00. The Morgan fingerprint density at radius 2 is 1.46 bits per heavy atom. The second-order valence-corrected chi connectivity index (χ2v) is 23.5. The molecule has 0 unspecified atom stereocenters. The summed E-state index contributed by atoms with van der Waals surface area (Å²) < 4.78 is 12.3. The van der Waals surface area contributed by atoms with Crippen LogP contribution in [0.4, 0.5) is 0 Å². The van der Waals surface area contributed by atoms with Crippen LogP contribution in [0.3, 0.4) is 0 Å². The third kappa shape index (κ3) is 8.77. The van der Waals surface area contributed by atoms with Gasteiger partial charge in [0.1, 0.15) is 5.75 Å². The first-order valence-electron chi connectivity index (χ1n) is 13.9. The van der Waals surface area contributed by atoms with Gasteiger partial charge >= 0.3 is 0 Å². The minimum Gasteiger partial charge on any atom is -0.541 e. The van der Waals surface area contributed by atoms with Gasteiger partial charge in [-0.15, -0.1) is 5.73 Å². The van der Waals surface area contributed by atoms with Crippen LogP contribution in [0, 0.1) is 0 Å². The molecule has 37 heavy (non-hydrogen) atoms. The normalized spacial score (nSPS) is 12.6. The molecule has 0 amide bonds. The Bertz CT molecular complexity index is 1060. The molecule has 0 aliphatic heterocycles. The molecule has 0 aromatic heterocycles. The van der Waals surface area contributed by atoms with Crippen molar-refractivity contribution in [2.24, 2.45) is 0 Å².